The first-order valence-electron chi connectivity index (χ1n) is 5.87. The molecule has 1 aromatic carbocycles. The molecule has 1 N–H and O–H groups in total. The number of hydrogen-bond donors (Lipinski definition) is 1. The highest BCUT2D eigenvalue weighted by molar-refractivity contribution is 7.98. The molecule has 0 aliphatic carbocycles. The van der Waals surface area contributed by atoms with Crippen LogP contribution >= 0.6 is 11.8 Å². The second-order valence-corrected chi connectivity index (χ2v) is 5.48. The first-order valence-corrected chi connectivity index (χ1v) is 6.86. The second-order valence-electron chi connectivity index (χ2n) is 4.46. The minimum atomic E-state index is 0.282. The summed E-state index contributed by atoms with van der Waals surface area (Å²) in [7, 11) is 0. The molecule has 2 aromatic rings. The Morgan fingerprint density at radius 3 is 2.83 bits per heavy atom. The number of para-hydroxylation sites is 1. The molecule has 0 atom stereocenters. The Bertz CT molecular complexity index is 511. The van der Waals surface area contributed by atoms with Gasteiger partial charge in [-0.05, 0) is 18.1 Å². The normalized spacial score (nSPS) is 11.1. The lowest BCUT2D eigenvalue weighted by Crippen LogP contribution is -1.96. The van der Waals surface area contributed by atoms with Crippen LogP contribution in [0.25, 0.3) is 0 Å². The quantitative estimate of drug-likeness (QED) is 0.840. The van der Waals surface area contributed by atoms with Crippen molar-refractivity contribution >= 4 is 11.8 Å². The highest BCUT2D eigenvalue weighted by Gasteiger charge is 2.09. The van der Waals surface area contributed by atoms with Crippen LogP contribution in [0.1, 0.15) is 25.6 Å². The standard InChI is InChI=1S/C13H16N2O2S/c1-9(2)7-12-14-13(17-15-12)8-18-11-6-4-3-5-10(11)16/h3-6,9,16H,7-8H2,1-2H3. The summed E-state index contributed by atoms with van der Waals surface area (Å²) in [6.45, 7) is 4.24. The van der Waals surface area contributed by atoms with Crippen molar-refractivity contribution in [2.45, 2.75) is 30.9 Å². The van der Waals surface area contributed by atoms with Gasteiger partial charge in [-0.15, -0.1) is 11.8 Å². The van der Waals surface area contributed by atoms with Crippen molar-refractivity contribution in [2.24, 2.45) is 5.92 Å². The van der Waals surface area contributed by atoms with Gasteiger partial charge in [-0.1, -0.05) is 31.1 Å². The highest BCUT2D eigenvalue weighted by atomic mass is 32.2. The molecule has 0 saturated heterocycles. The summed E-state index contributed by atoms with van der Waals surface area (Å²) in [5.41, 5.74) is 0. The predicted octanol–water partition coefficient (Wildman–Crippen LogP) is 3.27. The minimum Gasteiger partial charge on any atom is -0.507 e. The number of phenolic OH excluding ortho intramolecular Hbond substituents is 1. The smallest absolute Gasteiger partial charge is 0.237 e. The van der Waals surface area contributed by atoms with E-state index < -0.39 is 0 Å². The van der Waals surface area contributed by atoms with E-state index in [0.717, 1.165) is 17.1 Å². The number of thioether (sulfide) groups is 1. The monoisotopic (exact) mass is 264 g/mol. The molecule has 1 aromatic heterocycles. The summed E-state index contributed by atoms with van der Waals surface area (Å²) in [6, 6.07) is 7.22. The van der Waals surface area contributed by atoms with Crippen molar-refractivity contribution in [1.82, 2.24) is 10.1 Å². The van der Waals surface area contributed by atoms with Gasteiger partial charge in [0.15, 0.2) is 5.82 Å². The van der Waals surface area contributed by atoms with Gasteiger partial charge >= 0.3 is 0 Å². The van der Waals surface area contributed by atoms with Crippen molar-refractivity contribution in [3.05, 3.63) is 36.0 Å². The zero-order valence-electron chi connectivity index (χ0n) is 10.5. The summed E-state index contributed by atoms with van der Waals surface area (Å²) in [6.07, 6.45) is 0.824. The van der Waals surface area contributed by atoms with Gasteiger partial charge in [-0.3, -0.25) is 0 Å². The molecule has 1 heterocycles. The topological polar surface area (TPSA) is 59.2 Å². The predicted molar refractivity (Wildman–Crippen MR) is 70.5 cm³/mol. The average Bonchev–Trinajstić information content (AvgIpc) is 2.75. The number of aromatic nitrogens is 2. The van der Waals surface area contributed by atoms with Gasteiger partial charge in [0.1, 0.15) is 5.75 Å². The van der Waals surface area contributed by atoms with E-state index in [4.69, 9.17) is 4.52 Å². The highest BCUT2D eigenvalue weighted by Crippen LogP contribution is 2.29. The third kappa shape index (κ3) is 3.50. The maximum Gasteiger partial charge on any atom is 0.237 e. The molecule has 0 amide bonds. The number of hydrogen-bond acceptors (Lipinski definition) is 5. The molecule has 0 spiro atoms. The van der Waals surface area contributed by atoms with Gasteiger partial charge in [0.05, 0.1) is 5.75 Å². The van der Waals surface area contributed by atoms with E-state index in [1.165, 1.54) is 11.8 Å². The first-order chi connectivity index (χ1) is 8.65. The average molecular weight is 264 g/mol. The molecule has 4 nitrogen and oxygen atoms in total. The van der Waals surface area contributed by atoms with Crippen LogP contribution in [0.4, 0.5) is 0 Å². The van der Waals surface area contributed by atoms with Crippen LogP contribution in [0.3, 0.4) is 0 Å². The molecule has 5 heteroatoms. The number of phenols is 1. The van der Waals surface area contributed by atoms with E-state index in [9.17, 15) is 5.11 Å². The number of benzene rings is 1. The molecule has 2 rings (SSSR count). The van der Waals surface area contributed by atoms with E-state index in [1.54, 1.807) is 12.1 Å². The zero-order valence-corrected chi connectivity index (χ0v) is 11.3. The molecule has 0 fully saturated rings. The Morgan fingerprint density at radius 1 is 1.33 bits per heavy atom. The van der Waals surface area contributed by atoms with Crippen LogP contribution in [0, 0.1) is 5.92 Å². The number of rotatable bonds is 5. The molecule has 0 aliphatic rings. The fourth-order valence-electron chi connectivity index (χ4n) is 1.52. The molecule has 0 unspecified atom stereocenters. The third-order valence-electron chi connectivity index (χ3n) is 2.32. The minimum absolute atomic E-state index is 0.282. The molecule has 18 heavy (non-hydrogen) atoms. The largest absolute Gasteiger partial charge is 0.507 e. The van der Waals surface area contributed by atoms with Gasteiger partial charge < -0.3 is 9.63 Å². The van der Waals surface area contributed by atoms with Gasteiger partial charge in [0.2, 0.25) is 5.89 Å². The SMILES string of the molecule is CC(C)Cc1noc(CSc2ccccc2O)n1. The molecule has 0 bridgehead atoms. The van der Waals surface area contributed by atoms with Gasteiger partial charge in [0, 0.05) is 11.3 Å². The fraction of sp³-hybridized carbons (Fsp3) is 0.385. The second kappa shape index (κ2) is 5.91. The van der Waals surface area contributed by atoms with E-state index in [1.807, 2.05) is 12.1 Å². The fourth-order valence-corrected chi connectivity index (χ4v) is 2.30. The van der Waals surface area contributed by atoms with Crippen LogP contribution in [0.15, 0.2) is 33.7 Å². The summed E-state index contributed by atoms with van der Waals surface area (Å²) in [5.74, 6) is 2.71. The maximum absolute atomic E-state index is 9.63. The third-order valence-corrected chi connectivity index (χ3v) is 3.36. The Kier molecular flexibility index (Phi) is 4.25. The lowest BCUT2D eigenvalue weighted by molar-refractivity contribution is 0.382. The molecule has 96 valence electrons. The van der Waals surface area contributed by atoms with Crippen LogP contribution in [-0.4, -0.2) is 15.2 Å². The van der Waals surface area contributed by atoms with Crippen LogP contribution in [0.5, 0.6) is 5.75 Å². The Balaban J connectivity index is 1.94. The van der Waals surface area contributed by atoms with Crippen molar-refractivity contribution in [3.63, 3.8) is 0 Å². The van der Waals surface area contributed by atoms with Crippen molar-refractivity contribution in [3.8, 4) is 5.75 Å². The van der Waals surface area contributed by atoms with Crippen LogP contribution < -0.4 is 0 Å². The van der Waals surface area contributed by atoms with Gasteiger partial charge in [0.25, 0.3) is 0 Å². The van der Waals surface area contributed by atoms with Crippen molar-refractivity contribution in [2.75, 3.05) is 0 Å². The zero-order chi connectivity index (χ0) is 13.0. The van der Waals surface area contributed by atoms with E-state index in [0.29, 0.717) is 17.6 Å². The lowest BCUT2D eigenvalue weighted by Gasteiger charge is -2.00. The van der Waals surface area contributed by atoms with E-state index in [-0.39, 0.29) is 5.75 Å². The maximum atomic E-state index is 9.63. The number of aromatic hydroxyl groups is 1. The molecule has 0 saturated carbocycles. The van der Waals surface area contributed by atoms with Crippen molar-refractivity contribution in [1.29, 1.82) is 0 Å². The lowest BCUT2D eigenvalue weighted by atomic mass is 10.1. The van der Waals surface area contributed by atoms with E-state index >= 15 is 0 Å². The number of nitrogens with zero attached hydrogens (tertiary/aromatic N) is 2. The Hall–Kier alpha value is -1.49. The van der Waals surface area contributed by atoms with E-state index in [2.05, 4.69) is 24.0 Å². The summed E-state index contributed by atoms with van der Waals surface area (Å²) in [4.78, 5) is 5.14. The van der Waals surface area contributed by atoms with Crippen LogP contribution in [0.2, 0.25) is 0 Å². The van der Waals surface area contributed by atoms with Gasteiger partial charge in [-0.25, -0.2) is 0 Å². The summed E-state index contributed by atoms with van der Waals surface area (Å²) in [5, 5.41) is 13.6. The van der Waals surface area contributed by atoms with Gasteiger partial charge in [-0.2, -0.15) is 4.98 Å². The molecule has 0 radical (unpaired) electrons. The van der Waals surface area contributed by atoms with Crippen molar-refractivity contribution < 1.29 is 9.63 Å². The first kappa shape index (κ1) is 13.0. The molecule has 0 aliphatic heterocycles. The summed E-state index contributed by atoms with van der Waals surface area (Å²) < 4.78 is 5.16. The molecular formula is C13H16N2O2S. The molecular weight excluding hydrogens is 248 g/mol. The Labute approximate surface area is 110 Å². The Morgan fingerprint density at radius 2 is 2.11 bits per heavy atom. The van der Waals surface area contributed by atoms with Crippen LogP contribution in [-0.2, 0) is 12.2 Å². The summed E-state index contributed by atoms with van der Waals surface area (Å²) >= 11 is 1.49.